The minimum atomic E-state index is -4.64. The number of rotatable bonds is 37. The molecule has 0 radical (unpaired) electrons. The second kappa shape index (κ2) is 37.5. The van der Waals surface area contributed by atoms with Gasteiger partial charge >= 0.3 is 19.8 Å². The van der Waals surface area contributed by atoms with E-state index in [1.54, 1.807) is 6.08 Å². The standard InChI is InChI=1S/C42H73O11P/c1-3-5-7-9-11-12-13-14-15-16-20-25-29-33-42(47)53-40(37-52-54(48,49)51-35-39(45)34-43)36-50-41(46)32-28-24-21-17-19-23-27-31-38(44)30-26-22-18-10-8-6-4-2/h12-13,17-18,21-23,26-27,30,38-40,43-45H,3-11,14-16,19-20,24-25,28-29,31-37H2,1-2H3,(H,48,49)/b13-12-,21-17+,22-18-,27-23-,30-26-/t38-,39+,40-/m1/s1. The van der Waals surface area contributed by atoms with Crippen LogP contribution in [0.4, 0.5) is 0 Å². The number of hydrogen-bond donors (Lipinski definition) is 4. The Morgan fingerprint density at radius 1 is 0.630 bits per heavy atom. The Hall–Kier alpha value is -2.37. The van der Waals surface area contributed by atoms with Gasteiger partial charge in [-0.3, -0.25) is 18.6 Å². The van der Waals surface area contributed by atoms with E-state index in [-0.39, 0.29) is 19.4 Å². The zero-order valence-corrected chi connectivity index (χ0v) is 34.2. The van der Waals surface area contributed by atoms with Gasteiger partial charge in [0.05, 0.1) is 25.9 Å². The average molecular weight is 785 g/mol. The molecular weight excluding hydrogens is 711 g/mol. The lowest BCUT2D eigenvalue weighted by molar-refractivity contribution is -0.161. The minimum absolute atomic E-state index is 0.128. The molecule has 54 heavy (non-hydrogen) atoms. The van der Waals surface area contributed by atoms with Crippen LogP contribution < -0.4 is 0 Å². The molecule has 1 unspecified atom stereocenters. The van der Waals surface area contributed by atoms with E-state index in [0.717, 1.165) is 44.9 Å². The first-order valence-corrected chi connectivity index (χ1v) is 21.8. The Labute approximate surface area is 326 Å². The highest BCUT2D eigenvalue weighted by Crippen LogP contribution is 2.43. The van der Waals surface area contributed by atoms with Crippen LogP contribution in [0.2, 0.25) is 0 Å². The number of esters is 2. The molecule has 0 amide bonds. The maximum absolute atomic E-state index is 12.6. The summed E-state index contributed by atoms with van der Waals surface area (Å²) >= 11 is 0. The first-order valence-electron chi connectivity index (χ1n) is 20.4. The van der Waals surface area contributed by atoms with Crippen molar-refractivity contribution in [3.63, 3.8) is 0 Å². The highest BCUT2D eigenvalue weighted by Gasteiger charge is 2.27. The molecule has 12 heteroatoms. The highest BCUT2D eigenvalue weighted by atomic mass is 31.2. The van der Waals surface area contributed by atoms with Crippen molar-refractivity contribution in [1.82, 2.24) is 0 Å². The molecule has 0 aliphatic carbocycles. The van der Waals surface area contributed by atoms with Gasteiger partial charge in [-0.1, -0.05) is 126 Å². The SMILES string of the molecule is CCCCC/C=C\C=C/[C@@H](O)C/C=C\C/C=C/CCCC(=O)OC[C@H](COP(=O)(O)OC[C@@H](O)CO)OC(=O)CCCCCCC/C=C\CCCCCC. The van der Waals surface area contributed by atoms with Crippen molar-refractivity contribution in [1.29, 1.82) is 0 Å². The van der Waals surface area contributed by atoms with Crippen molar-refractivity contribution >= 4 is 19.8 Å². The van der Waals surface area contributed by atoms with Gasteiger partial charge in [0.25, 0.3) is 0 Å². The van der Waals surface area contributed by atoms with Crippen LogP contribution in [-0.2, 0) is 32.7 Å². The zero-order chi connectivity index (χ0) is 40.0. The molecule has 0 bridgehead atoms. The molecule has 0 spiro atoms. The molecule has 4 atom stereocenters. The third-order valence-electron chi connectivity index (χ3n) is 8.22. The molecule has 4 N–H and O–H groups in total. The van der Waals surface area contributed by atoms with Crippen LogP contribution in [0.15, 0.2) is 60.8 Å². The number of carbonyl (C=O) groups excluding carboxylic acids is 2. The van der Waals surface area contributed by atoms with E-state index in [4.69, 9.17) is 19.1 Å². The first kappa shape index (κ1) is 51.6. The lowest BCUT2D eigenvalue weighted by atomic mass is 10.1. The lowest BCUT2D eigenvalue weighted by Crippen LogP contribution is -2.29. The fourth-order valence-corrected chi connectivity index (χ4v) is 5.79. The second-order valence-corrected chi connectivity index (χ2v) is 15.0. The molecular formula is C42H73O11P. The monoisotopic (exact) mass is 784 g/mol. The predicted molar refractivity (Wildman–Crippen MR) is 216 cm³/mol. The van der Waals surface area contributed by atoms with Crippen molar-refractivity contribution in [2.75, 3.05) is 26.4 Å². The molecule has 0 saturated heterocycles. The Kier molecular flexibility index (Phi) is 35.9. The minimum Gasteiger partial charge on any atom is -0.462 e. The van der Waals surface area contributed by atoms with Gasteiger partial charge in [0.2, 0.25) is 0 Å². The van der Waals surface area contributed by atoms with Gasteiger partial charge in [0, 0.05) is 12.8 Å². The van der Waals surface area contributed by atoms with Crippen LogP contribution in [0, 0.1) is 0 Å². The normalized spacial score (nSPS) is 15.1. The molecule has 0 aromatic carbocycles. The Bertz CT molecular complexity index is 1100. The maximum Gasteiger partial charge on any atom is 0.472 e. The number of allylic oxidation sites excluding steroid dienone is 8. The average Bonchev–Trinajstić information content (AvgIpc) is 3.15. The van der Waals surface area contributed by atoms with Gasteiger partial charge in [0.15, 0.2) is 6.10 Å². The van der Waals surface area contributed by atoms with Crippen molar-refractivity contribution in [2.24, 2.45) is 0 Å². The summed E-state index contributed by atoms with van der Waals surface area (Å²) in [5.74, 6) is -1.05. The predicted octanol–water partition coefficient (Wildman–Crippen LogP) is 9.30. The van der Waals surface area contributed by atoms with E-state index >= 15 is 0 Å². The lowest BCUT2D eigenvalue weighted by Gasteiger charge is -2.20. The Morgan fingerprint density at radius 3 is 1.91 bits per heavy atom. The molecule has 312 valence electrons. The van der Waals surface area contributed by atoms with Crippen LogP contribution >= 0.6 is 7.82 Å². The van der Waals surface area contributed by atoms with Crippen LogP contribution in [0.25, 0.3) is 0 Å². The third-order valence-corrected chi connectivity index (χ3v) is 9.18. The summed E-state index contributed by atoms with van der Waals surface area (Å²) in [6.45, 7) is 2.15. The zero-order valence-electron chi connectivity index (χ0n) is 33.3. The topological polar surface area (TPSA) is 169 Å². The summed E-state index contributed by atoms with van der Waals surface area (Å²) in [6, 6.07) is 0. The molecule has 0 aliphatic heterocycles. The van der Waals surface area contributed by atoms with Crippen LogP contribution in [0.5, 0.6) is 0 Å². The largest absolute Gasteiger partial charge is 0.472 e. The number of carbonyl (C=O) groups is 2. The van der Waals surface area contributed by atoms with E-state index in [9.17, 15) is 29.3 Å². The van der Waals surface area contributed by atoms with E-state index in [1.807, 2.05) is 36.5 Å². The van der Waals surface area contributed by atoms with Crippen molar-refractivity contribution in [3.05, 3.63) is 60.8 Å². The third kappa shape index (κ3) is 36.6. The van der Waals surface area contributed by atoms with Gasteiger partial charge < -0.3 is 29.7 Å². The molecule has 0 aliphatic rings. The summed E-state index contributed by atoms with van der Waals surface area (Å²) in [7, 11) is -4.64. The van der Waals surface area contributed by atoms with Gasteiger partial charge in [-0.05, 0) is 70.6 Å². The number of phosphoric acid groups is 1. The van der Waals surface area contributed by atoms with Crippen LogP contribution in [-0.4, -0.2) is 76.9 Å². The fraction of sp³-hybridized carbons (Fsp3) is 0.714. The maximum atomic E-state index is 12.6. The van der Waals surface area contributed by atoms with E-state index in [1.165, 1.54) is 44.9 Å². The molecule has 0 fully saturated rings. The number of aliphatic hydroxyl groups excluding tert-OH is 3. The summed E-state index contributed by atoms with van der Waals surface area (Å²) < 4.78 is 32.5. The van der Waals surface area contributed by atoms with Gasteiger partial charge in [-0.25, -0.2) is 4.57 Å². The molecule has 0 aromatic rings. The van der Waals surface area contributed by atoms with Crippen LogP contribution in [0.3, 0.4) is 0 Å². The number of hydrogen-bond acceptors (Lipinski definition) is 10. The van der Waals surface area contributed by atoms with E-state index in [2.05, 4.69) is 36.6 Å². The second-order valence-electron chi connectivity index (χ2n) is 13.5. The quantitative estimate of drug-likeness (QED) is 0.0156. The van der Waals surface area contributed by atoms with Crippen LogP contribution in [0.1, 0.15) is 149 Å². The van der Waals surface area contributed by atoms with Gasteiger partial charge in [0.1, 0.15) is 12.7 Å². The molecule has 11 nitrogen and oxygen atoms in total. The number of unbranched alkanes of at least 4 members (excludes halogenated alkanes) is 13. The summed E-state index contributed by atoms with van der Waals surface area (Å²) in [4.78, 5) is 34.9. The number of ether oxygens (including phenoxy) is 2. The molecule has 0 heterocycles. The van der Waals surface area contributed by atoms with E-state index in [0.29, 0.717) is 32.1 Å². The molecule has 0 saturated carbocycles. The van der Waals surface area contributed by atoms with Crippen molar-refractivity contribution in [2.45, 2.75) is 167 Å². The number of aliphatic hydroxyl groups is 3. The summed E-state index contributed by atoms with van der Waals surface area (Å²) in [5.41, 5.74) is 0. The van der Waals surface area contributed by atoms with Crippen molar-refractivity contribution < 1.29 is 52.9 Å². The van der Waals surface area contributed by atoms with Crippen molar-refractivity contribution in [3.8, 4) is 0 Å². The first-order chi connectivity index (χ1) is 26.1. The smallest absolute Gasteiger partial charge is 0.462 e. The van der Waals surface area contributed by atoms with Gasteiger partial charge in [-0.15, -0.1) is 0 Å². The number of phosphoric ester groups is 1. The van der Waals surface area contributed by atoms with E-state index < -0.39 is 57.9 Å². The molecule has 0 aromatic heterocycles. The molecule has 0 rings (SSSR count). The summed E-state index contributed by atoms with van der Waals surface area (Å²) in [6.07, 6.45) is 36.5. The van der Waals surface area contributed by atoms with Gasteiger partial charge in [-0.2, -0.15) is 0 Å². The Balaban J connectivity index is 4.51. The summed E-state index contributed by atoms with van der Waals surface area (Å²) in [5, 5.41) is 28.3. The highest BCUT2D eigenvalue weighted by molar-refractivity contribution is 7.47. The fourth-order valence-electron chi connectivity index (χ4n) is 5.00. The Morgan fingerprint density at radius 2 is 1.19 bits per heavy atom.